The van der Waals surface area contributed by atoms with Crippen molar-refractivity contribution in [1.29, 1.82) is 0 Å². The molecule has 1 unspecified atom stereocenters. The van der Waals surface area contributed by atoms with Crippen LogP contribution >= 0.6 is 0 Å². The van der Waals surface area contributed by atoms with Crippen LogP contribution in [0.1, 0.15) is 20.8 Å². The molecule has 0 radical (unpaired) electrons. The topological polar surface area (TPSA) is 119 Å². The van der Waals surface area contributed by atoms with Crippen LogP contribution in [-0.4, -0.2) is 36.0 Å². The minimum absolute atomic E-state index is 0.0683. The zero-order valence-electron chi connectivity index (χ0n) is 11.3. The number of imidazole rings is 1. The first kappa shape index (κ1) is 15.4. The molecule has 0 fully saturated rings. The number of sulfonamides is 1. The standard InChI is InChI=1S/C10H19N5O3S/c1-6(2)13-9(16)7(3)14-19(17,18)10-8(11)12-5-15(10)4/h5-7,14H,11H2,1-4H3,(H,13,16). The van der Waals surface area contributed by atoms with Gasteiger partial charge in [-0.1, -0.05) is 0 Å². The van der Waals surface area contributed by atoms with Crippen LogP contribution < -0.4 is 15.8 Å². The maximum Gasteiger partial charge on any atom is 0.260 e. The number of hydrogen-bond donors (Lipinski definition) is 3. The number of nitrogens with one attached hydrogen (secondary N) is 2. The van der Waals surface area contributed by atoms with Crippen molar-refractivity contribution in [2.24, 2.45) is 7.05 Å². The number of nitrogens with zero attached hydrogens (tertiary/aromatic N) is 2. The van der Waals surface area contributed by atoms with Crippen LogP contribution in [0.2, 0.25) is 0 Å². The van der Waals surface area contributed by atoms with Gasteiger partial charge < -0.3 is 15.6 Å². The van der Waals surface area contributed by atoms with Gasteiger partial charge in [0.15, 0.2) is 10.8 Å². The van der Waals surface area contributed by atoms with E-state index >= 15 is 0 Å². The highest BCUT2D eigenvalue weighted by molar-refractivity contribution is 7.89. The summed E-state index contributed by atoms with van der Waals surface area (Å²) in [4.78, 5) is 15.4. The van der Waals surface area contributed by atoms with E-state index in [0.29, 0.717) is 0 Å². The summed E-state index contributed by atoms with van der Waals surface area (Å²) >= 11 is 0. The summed E-state index contributed by atoms with van der Waals surface area (Å²) in [6, 6.07) is -0.970. The van der Waals surface area contributed by atoms with E-state index in [-0.39, 0.29) is 16.9 Å². The Bertz CT molecular complexity index is 544. The number of hydrogen-bond acceptors (Lipinski definition) is 5. The predicted octanol–water partition coefficient (Wildman–Crippen LogP) is -0.806. The summed E-state index contributed by atoms with van der Waals surface area (Å²) in [5.74, 6) is -0.509. The van der Waals surface area contributed by atoms with Crippen molar-refractivity contribution >= 4 is 21.7 Å². The van der Waals surface area contributed by atoms with Crippen molar-refractivity contribution in [2.45, 2.75) is 37.9 Å². The third-order valence-corrected chi connectivity index (χ3v) is 3.99. The second-order valence-electron chi connectivity index (χ2n) is 4.55. The van der Waals surface area contributed by atoms with E-state index in [0.717, 1.165) is 0 Å². The fourth-order valence-electron chi connectivity index (χ4n) is 1.52. The highest BCUT2D eigenvalue weighted by Crippen LogP contribution is 2.15. The number of rotatable bonds is 5. The van der Waals surface area contributed by atoms with Gasteiger partial charge in [-0.3, -0.25) is 4.79 Å². The summed E-state index contributed by atoms with van der Waals surface area (Å²) < 4.78 is 27.8. The molecule has 19 heavy (non-hydrogen) atoms. The summed E-state index contributed by atoms with van der Waals surface area (Å²) in [6.45, 7) is 5.04. The van der Waals surface area contributed by atoms with Gasteiger partial charge in [-0.2, -0.15) is 4.72 Å². The molecule has 1 amide bonds. The van der Waals surface area contributed by atoms with Gasteiger partial charge in [-0.25, -0.2) is 13.4 Å². The third-order valence-electron chi connectivity index (χ3n) is 2.32. The van der Waals surface area contributed by atoms with E-state index in [9.17, 15) is 13.2 Å². The number of carbonyl (C=O) groups excluding carboxylic acids is 1. The lowest BCUT2D eigenvalue weighted by Gasteiger charge is -2.16. The number of carbonyl (C=O) groups is 1. The molecular weight excluding hydrogens is 270 g/mol. The molecule has 9 heteroatoms. The average molecular weight is 289 g/mol. The Morgan fingerprint density at radius 3 is 2.42 bits per heavy atom. The normalized spacial score (nSPS) is 13.5. The Morgan fingerprint density at radius 2 is 2.00 bits per heavy atom. The van der Waals surface area contributed by atoms with Gasteiger partial charge in [0.25, 0.3) is 10.0 Å². The lowest BCUT2D eigenvalue weighted by Crippen LogP contribution is -2.47. The number of nitrogens with two attached hydrogens (primary N) is 1. The molecule has 1 atom stereocenters. The number of aryl methyl sites for hydroxylation is 1. The monoisotopic (exact) mass is 289 g/mol. The van der Waals surface area contributed by atoms with Crippen LogP contribution in [0, 0.1) is 0 Å². The van der Waals surface area contributed by atoms with E-state index in [2.05, 4.69) is 15.0 Å². The highest BCUT2D eigenvalue weighted by atomic mass is 32.2. The van der Waals surface area contributed by atoms with E-state index in [1.54, 1.807) is 13.8 Å². The molecule has 0 aromatic carbocycles. The Hall–Kier alpha value is -1.61. The summed E-state index contributed by atoms with van der Waals surface area (Å²) in [6.07, 6.45) is 1.29. The molecule has 1 aromatic heterocycles. The fourth-order valence-corrected chi connectivity index (χ4v) is 2.95. The van der Waals surface area contributed by atoms with Gasteiger partial charge in [-0.05, 0) is 20.8 Å². The van der Waals surface area contributed by atoms with Crippen LogP contribution in [-0.2, 0) is 21.9 Å². The zero-order chi connectivity index (χ0) is 14.8. The fraction of sp³-hybridized carbons (Fsp3) is 0.600. The summed E-state index contributed by atoms with van der Waals surface area (Å²) in [7, 11) is -2.38. The van der Waals surface area contributed by atoms with E-state index in [1.807, 2.05) is 0 Å². The predicted molar refractivity (Wildman–Crippen MR) is 70.7 cm³/mol. The van der Waals surface area contributed by atoms with Gasteiger partial charge in [0.05, 0.1) is 12.4 Å². The number of anilines is 1. The second kappa shape index (κ2) is 5.57. The second-order valence-corrected chi connectivity index (χ2v) is 6.18. The molecule has 1 rings (SSSR count). The molecule has 0 aliphatic rings. The average Bonchev–Trinajstić information content (AvgIpc) is 2.57. The number of aromatic nitrogens is 2. The number of nitrogen functional groups attached to an aromatic ring is 1. The first-order chi connectivity index (χ1) is 8.65. The quantitative estimate of drug-likeness (QED) is 0.655. The summed E-state index contributed by atoms with van der Waals surface area (Å²) in [5.41, 5.74) is 5.51. The smallest absolute Gasteiger partial charge is 0.260 e. The minimum Gasteiger partial charge on any atom is -0.381 e. The van der Waals surface area contributed by atoms with Gasteiger partial charge >= 0.3 is 0 Å². The van der Waals surface area contributed by atoms with Gasteiger partial charge in [0.1, 0.15) is 0 Å². The summed E-state index contributed by atoms with van der Waals surface area (Å²) in [5, 5.41) is 2.46. The van der Waals surface area contributed by atoms with Crippen molar-refractivity contribution < 1.29 is 13.2 Å². The van der Waals surface area contributed by atoms with Crippen molar-refractivity contribution in [3.05, 3.63) is 6.33 Å². The lowest BCUT2D eigenvalue weighted by atomic mass is 10.3. The molecule has 1 heterocycles. The molecule has 0 aliphatic carbocycles. The number of amides is 1. The largest absolute Gasteiger partial charge is 0.381 e. The maximum atomic E-state index is 12.1. The van der Waals surface area contributed by atoms with Crippen LogP contribution in [0.3, 0.4) is 0 Å². The van der Waals surface area contributed by atoms with E-state index in [4.69, 9.17) is 5.73 Å². The van der Waals surface area contributed by atoms with Crippen LogP contribution in [0.15, 0.2) is 11.4 Å². The molecule has 108 valence electrons. The van der Waals surface area contributed by atoms with E-state index in [1.165, 1.54) is 24.9 Å². The molecule has 4 N–H and O–H groups in total. The Kier molecular flexibility index (Phi) is 4.53. The Balaban J connectivity index is 2.90. The van der Waals surface area contributed by atoms with Crippen molar-refractivity contribution in [1.82, 2.24) is 19.6 Å². The van der Waals surface area contributed by atoms with Crippen molar-refractivity contribution in [3.63, 3.8) is 0 Å². The Morgan fingerprint density at radius 1 is 1.42 bits per heavy atom. The van der Waals surface area contributed by atoms with Gasteiger partial charge in [0.2, 0.25) is 5.91 Å². The molecule has 0 spiro atoms. The SMILES string of the molecule is CC(C)NC(=O)C(C)NS(=O)(=O)c1c(N)ncn1C. The van der Waals surface area contributed by atoms with Gasteiger partial charge in [0, 0.05) is 13.1 Å². The molecule has 0 saturated carbocycles. The maximum absolute atomic E-state index is 12.1. The van der Waals surface area contributed by atoms with Crippen molar-refractivity contribution in [3.8, 4) is 0 Å². The first-order valence-electron chi connectivity index (χ1n) is 5.74. The Labute approximate surface area is 112 Å². The molecule has 0 bridgehead atoms. The first-order valence-corrected chi connectivity index (χ1v) is 7.23. The van der Waals surface area contributed by atoms with Crippen LogP contribution in [0.25, 0.3) is 0 Å². The van der Waals surface area contributed by atoms with E-state index < -0.39 is 22.0 Å². The van der Waals surface area contributed by atoms with Crippen LogP contribution in [0.4, 0.5) is 5.82 Å². The van der Waals surface area contributed by atoms with Crippen molar-refractivity contribution in [2.75, 3.05) is 5.73 Å². The third kappa shape index (κ3) is 3.67. The zero-order valence-corrected chi connectivity index (χ0v) is 12.2. The van der Waals surface area contributed by atoms with Crippen LogP contribution in [0.5, 0.6) is 0 Å². The molecule has 0 saturated heterocycles. The molecule has 8 nitrogen and oxygen atoms in total. The minimum atomic E-state index is -3.89. The molecule has 0 aliphatic heterocycles. The molecule has 1 aromatic rings. The van der Waals surface area contributed by atoms with Gasteiger partial charge in [-0.15, -0.1) is 0 Å². The highest BCUT2D eigenvalue weighted by Gasteiger charge is 2.27. The lowest BCUT2D eigenvalue weighted by molar-refractivity contribution is -0.122. The molecular formula is C10H19N5O3S.